The zero-order valence-electron chi connectivity index (χ0n) is 31.6. The summed E-state index contributed by atoms with van der Waals surface area (Å²) in [4.78, 5) is 84.9. The number of aliphatic hydroxyl groups is 2. The summed E-state index contributed by atoms with van der Waals surface area (Å²) in [6.07, 6.45) is 6.83. The number of ether oxygens (including phenoxy) is 1. The number of carboxylic acids is 1. The molecular weight excluding hydrogens is 714 g/mol. The molecule has 55 heavy (non-hydrogen) atoms. The predicted octanol–water partition coefficient (Wildman–Crippen LogP) is 4.03. The van der Waals surface area contributed by atoms with Gasteiger partial charge in [0.1, 0.15) is 11.7 Å². The number of unbranched alkanes of at least 4 members (excludes halogenated alkanes) is 2. The maximum absolute atomic E-state index is 13.5. The third kappa shape index (κ3) is 8.82. The van der Waals surface area contributed by atoms with Crippen LogP contribution in [0.15, 0.2) is 35.9 Å². The summed E-state index contributed by atoms with van der Waals surface area (Å²) in [7, 11) is 0. The number of non-ortho nitro benzene ring substituents is 1. The van der Waals surface area contributed by atoms with Crippen molar-refractivity contribution in [2.45, 2.75) is 121 Å². The molecule has 8 atom stereocenters. The summed E-state index contributed by atoms with van der Waals surface area (Å²) in [6.45, 7) is 3.99. The number of rotatable bonds is 17. The van der Waals surface area contributed by atoms with Crippen LogP contribution < -0.4 is 10.6 Å². The van der Waals surface area contributed by atoms with Crippen molar-refractivity contribution in [1.82, 2.24) is 10.6 Å². The predicted molar refractivity (Wildman–Crippen MR) is 196 cm³/mol. The van der Waals surface area contributed by atoms with E-state index in [2.05, 4.69) is 17.6 Å². The van der Waals surface area contributed by atoms with Gasteiger partial charge in [-0.15, -0.1) is 0 Å². The molecule has 4 aliphatic rings. The van der Waals surface area contributed by atoms with Gasteiger partial charge >= 0.3 is 11.9 Å². The summed E-state index contributed by atoms with van der Waals surface area (Å²) < 4.78 is 5.25. The minimum absolute atomic E-state index is 0.0223. The van der Waals surface area contributed by atoms with Gasteiger partial charge in [-0.25, -0.2) is 4.79 Å². The lowest BCUT2D eigenvalue weighted by Crippen LogP contribution is -2.58. The van der Waals surface area contributed by atoms with E-state index >= 15 is 0 Å². The highest BCUT2D eigenvalue weighted by Gasteiger charge is 2.66. The van der Waals surface area contributed by atoms with Gasteiger partial charge in [0.25, 0.3) is 5.69 Å². The van der Waals surface area contributed by atoms with E-state index in [0.717, 1.165) is 38.2 Å². The van der Waals surface area contributed by atoms with E-state index in [1.165, 1.54) is 23.8 Å². The molecule has 5 rings (SSSR count). The molecule has 0 radical (unpaired) electrons. The fraction of sp³-hybridized carbons (Fsp3) is 0.650. The van der Waals surface area contributed by atoms with Crippen molar-refractivity contribution in [3.05, 3.63) is 51.6 Å². The number of aliphatic carboxylic acids is 1. The summed E-state index contributed by atoms with van der Waals surface area (Å²) in [6, 6.07) is 3.14. The van der Waals surface area contributed by atoms with Gasteiger partial charge in [-0.3, -0.25) is 34.1 Å². The van der Waals surface area contributed by atoms with E-state index in [1.807, 2.05) is 13.0 Å². The third-order valence-electron chi connectivity index (χ3n) is 13.2. The number of ketones is 2. The molecule has 3 saturated carbocycles. The first kappa shape index (κ1) is 41.7. The number of hydrogen-bond acceptors (Lipinski definition) is 11. The highest BCUT2D eigenvalue weighted by Crippen LogP contribution is 2.67. The zero-order chi connectivity index (χ0) is 40.1. The molecule has 300 valence electrons. The van der Waals surface area contributed by atoms with Crippen molar-refractivity contribution < 1.29 is 53.7 Å². The summed E-state index contributed by atoms with van der Waals surface area (Å²) >= 11 is 0. The second kappa shape index (κ2) is 17.1. The van der Waals surface area contributed by atoms with Crippen LogP contribution >= 0.6 is 0 Å². The number of nitrogens with one attached hydrogen (secondary N) is 2. The van der Waals surface area contributed by atoms with Crippen LogP contribution in [0.2, 0.25) is 0 Å². The normalized spacial score (nSPS) is 29.3. The molecule has 0 heterocycles. The van der Waals surface area contributed by atoms with Crippen molar-refractivity contribution in [3.63, 3.8) is 0 Å². The molecule has 0 unspecified atom stereocenters. The lowest BCUT2D eigenvalue weighted by molar-refractivity contribution is -0.385. The number of allylic oxidation sites excluding steroid dienone is 1. The molecule has 1 aromatic carbocycles. The van der Waals surface area contributed by atoms with Gasteiger partial charge in [0.15, 0.2) is 18.4 Å². The fourth-order valence-electron chi connectivity index (χ4n) is 10.0. The number of hydrogen-bond donors (Lipinski definition) is 5. The van der Waals surface area contributed by atoms with Crippen LogP contribution in [0.4, 0.5) is 5.69 Å². The quantitative estimate of drug-likeness (QED) is 0.0654. The van der Waals surface area contributed by atoms with Crippen molar-refractivity contribution in [3.8, 4) is 0 Å². The molecule has 3 fully saturated rings. The van der Waals surface area contributed by atoms with Crippen LogP contribution in [0, 0.1) is 38.7 Å². The van der Waals surface area contributed by atoms with E-state index in [-0.39, 0.29) is 54.2 Å². The first-order valence-corrected chi connectivity index (χ1v) is 19.4. The monoisotopic (exact) mass is 767 g/mol. The topological polar surface area (TPSA) is 240 Å². The molecule has 4 aliphatic carbocycles. The molecule has 0 spiro atoms. The minimum Gasteiger partial charge on any atom is -0.480 e. The highest BCUT2D eigenvalue weighted by atomic mass is 16.6. The SMILES string of the molecule is C[C@]12CCC(=O)C=C1CC[C@@H]1[C@@H]2CC[C@@]2(C)[C@H]1CC[C@]2(O)C(=O)COC(=O)CCC(=O)NCCCCCC(=O)N[C@@H](C(=O)O)[C@@H](O)c1cccc([N+](=O)[O-])c1. The summed E-state index contributed by atoms with van der Waals surface area (Å²) in [5.74, 6) is -2.65. The first-order chi connectivity index (χ1) is 26.0. The van der Waals surface area contributed by atoms with Gasteiger partial charge in [0, 0.05) is 43.4 Å². The maximum atomic E-state index is 13.5. The Kier molecular flexibility index (Phi) is 13.0. The van der Waals surface area contributed by atoms with Crippen molar-refractivity contribution in [1.29, 1.82) is 0 Å². The van der Waals surface area contributed by atoms with Gasteiger partial charge in [-0.2, -0.15) is 0 Å². The molecule has 15 nitrogen and oxygen atoms in total. The minimum atomic E-state index is -1.72. The first-order valence-electron chi connectivity index (χ1n) is 19.4. The molecule has 2 amide bonds. The fourth-order valence-corrected chi connectivity index (χ4v) is 10.0. The standard InChI is InChI=1S/C40H53N3O12/c1-38-17-14-27(44)22-25(38)10-11-28-29(38)15-18-39(2)30(28)16-19-40(39,52)31(45)23-55-34(48)13-12-32(46)41-20-5-3-4-9-33(47)42-35(37(50)51)36(49)24-7-6-8-26(21-24)43(53)54/h6-8,21-22,28-30,35-36,49,52H,3-5,9-20,23H2,1-2H3,(H,41,46)(H,42,47)(H,50,51)/t28-,29+,30+,35-,36+,38+,39+,40+/m1/s1. The summed E-state index contributed by atoms with van der Waals surface area (Å²) in [5, 5.41) is 47.8. The summed E-state index contributed by atoms with van der Waals surface area (Å²) in [5.41, 5.74) is -1.37. The van der Waals surface area contributed by atoms with Gasteiger partial charge in [-0.1, -0.05) is 38.0 Å². The maximum Gasteiger partial charge on any atom is 0.329 e. The molecule has 1 aromatic rings. The van der Waals surface area contributed by atoms with Crippen LogP contribution in [0.25, 0.3) is 0 Å². The number of fused-ring (bicyclic) bond motifs is 5. The second-order valence-electron chi connectivity index (χ2n) is 16.2. The lowest BCUT2D eigenvalue weighted by Gasteiger charge is -2.58. The Balaban J connectivity index is 0.974. The Bertz CT molecular complexity index is 1730. The number of nitro benzene ring substituents is 1. The van der Waals surface area contributed by atoms with Gasteiger partial charge < -0.3 is 30.7 Å². The van der Waals surface area contributed by atoms with Crippen LogP contribution in [0.1, 0.15) is 115 Å². The average molecular weight is 768 g/mol. The van der Waals surface area contributed by atoms with Crippen molar-refractivity contribution >= 4 is 41.0 Å². The molecule has 0 aromatic heterocycles. The van der Waals surface area contributed by atoms with Gasteiger partial charge in [-0.05, 0) is 92.6 Å². The molecular formula is C40H53N3O12. The van der Waals surface area contributed by atoms with E-state index in [1.54, 1.807) is 0 Å². The Morgan fingerprint density at radius 2 is 1.71 bits per heavy atom. The Morgan fingerprint density at radius 3 is 2.44 bits per heavy atom. The zero-order valence-corrected chi connectivity index (χ0v) is 31.6. The van der Waals surface area contributed by atoms with Crippen LogP contribution in [0.3, 0.4) is 0 Å². The average Bonchev–Trinajstić information content (AvgIpc) is 3.44. The third-order valence-corrected chi connectivity index (χ3v) is 13.2. The number of nitro groups is 1. The van der Waals surface area contributed by atoms with E-state index in [9.17, 15) is 54.2 Å². The van der Waals surface area contributed by atoms with Crippen molar-refractivity contribution in [2.75, 3.05) is 13.2 Å². The lowest BCUT2D eigenvalue weighted by atomic mass is 9.46. The van der Waals surface area contributed by atoms with E-state index < -0.39 is 64.2 Å². The number of Topliss-reactive ketones (excluding diaryl/α,β-unsaturated/α-hetero) is 1. The second-order valence-corrected chi connectivity index (χ2v) is 16.2. The largest absolute Gasteiger partial charge is 0.480 e. The number of esters is 1. The van der Waals surface area contributed by atoms with Crippen molar-refractivity contribution in [2.24, 2.45) is 28.6 Å². The molecule has 0 bridgehead atoms. The Hall–Kier alpha value is -4.50. The molecule has 5 N–H and O–H groups in total. The highest BCUT2D eigenvalue weighted by molar-refractivity contribution is 5.92. The van der Waals surface area contributed by atoms with Crippen LogP contribution in [-0.2, 0) is 33.5 Å². The number of benzene rings is 1. The van der Waals surface area contributed by atoms with Gasteiger partial charge in [0.05, 0.1) is 11.3 Å². The van der Waals surface area contributed by atoms with Crippen LogP contribution in [-0.4, -0.2) is 80.4 Å². The number of nitrogens with zero attached hydrogens (tertiary/aromatic N) is 1. The molecule has 0 aliphatic heterocycles. The van der Waals surface area contributed by atoms with E-state index in [4.69, 9.17) is 4.74 Å². The van der Waals surface area contributed by atoms with Crippen LogP contribution in [0.5, 0.6) is 0 Å². The number of amides is 2. The Labute approximate surface area is 319 Å². The number of carbonyl (C=O) groups is 6. The number of carbonyl (C=O) groups excluding carboxylic acids is 5. The van der Waals surface area contributed by atoms with Gasteiger partial charge in [0.2, 0.25) is 17.6 Å². The Morgan fingerprint density at radius 1 is 0.964 bits per heavy atom. The number of aliphatic hydroxyl groups excluding tert-OH is 1. The molecule has 0 saturated heterocycles. The van der Waals surface area contributed by atoms with E-state index in [0.29, 0.717) is 50.4 Å². The smallest absolute Gasteiger partial charge is 0.329 e. The number of carboxylic acid groups (broad SMARTS) is 1. The molecule has 15 heteroatoms.